The Bertz CT molecular complexity index is 1060. The van der Waals surface area contributed by atoms with Crippen molar-refractivity contribution in [2.45, 2.75) is 30.8 Å². The summed E-state index contributed by atoms with van der Waals surface area (Å²) in [5.41, 5.74) is 0.707. The van der Waals surface area contributed by atoms with Crippen LogP contribution in [0.3, 0.4) is 0 Å². The second-order valence-corrected chi connectivity index (χ2v) is 8.79. The fraction of sp³-hybridized carbons (Fsp3) is 0.417. The molecule has 2 amide bonds. The number of hydrogen-bond acceptors (Lipinski definition) is 5. The summed E-state index contributed by atoms with van der Waals surface area (Å²) in [6, 6.07) is 10.3. The third kappa shape index (κ3) is 3.40. The molecule has 0 bridgehead atoms. The molecule has 0 spiro atoms. The lowest BCUT2D eigenvalue weighted by Gasteiger charge is -2.47. The van der Waals surface area contributed by atoms with E-state index in [0.29, 0.717) is 46.3 Å². The minimum absolute atomic E-state index is 0.0331. The zero-order valence-corrected chi connectivity index (χ0v) is 19.5. The monoisotopic (exact) mass is 457 g/mol. The van der Waals surface area contributed by atoms with Crippen LogP contribution in [-0.4, -0.2) is 62.5 Å². The van der Waals surface area contributed by atoms with E-state index in [1.807, 2.05) is 11.0 Å². The number of carbonyl (C=O) groups is 2. The first-order chi connectivity index (χ1) is 15.3. The summed E-state index contributed by atoms with van der Waals surface area (Å²) in [5, 5.41) is 3.54. The third-order valence-electron chi connectivity index (χ3n) is 6.40. The topological polar surface area (TPSA) is 71.1 Å². The molecule has 2 unspecified atom stereocenters. The van der Waals surface area contributed by atoms with Crippen LogP contribution in [0.4, 0.5) is 5.69 Å². The predicted octanol–water partition coefficient (Wildman–Crippen LogP) is 3.50. The summed E-state index contributed by atoms with van der Waals surface area (Å²) >= 11 is 6.42. The van der Waals surface area contributed by atoms with Crippen LogP contribution in [0.1, 0.15) is 30.4 Å². The molecule has 0 saturated carbocycles. The number of anilines is 1. The smallest absolute Gasteiger partial charge is 0.254 e. The quantitative estimate of drug-likeness (QED) is 0.744. The number of fused-ring (bicyclic) bond motifs is 1. The molecule has 2 aromatic carbocycles. The largest absolute Gasteiger partial charge is 0.497 e. The number of halogens is 1. The Morgan fingerprint density at radius 1 is 1.12 bits per heavy atom. The van der Waals surface area contributed by atoms with Crippen molar-refractivity contribution in [1.82, 2.24) is 9.80 Å². The van der Waals surface area contributed by atoms with Crippen molar-refractivity contribution in [2.75, 3.05) is 40.2 Å². The Hall–Kier alpha value is -2.77. The van der Waals surface area contributed by atoms with Gasteiger partial charge >= 0.3 is 0 Å². The molecule has 4 rings (SSSR count). The molecule has 1 N–H and O–H groups in total. The highest BCUT2D eigenvalue weighted by molar-refractivity contribution is 6.31. The number of likely N-dealkylation sites (tertiary alicyclic amines) is 1. The minimum atomic E-state index is -1.29. The van der Waals surface area contributed by atoms with E-state index in [9.17, 15) is 9.59 Å². The first-order valence-corrected chi connectivity index (χ1v) is 11.0. The summed E-state index contributed by atoms with van der Waals surface area (Å²) in [5.74, 6) is 0.861. The molecule has 0 aliphatic carbocycles. The van der Waals surface area contributed by atoms with Crippen LogP contribution in [0.2, 0.25) is 5.02 Å². The van der Waals surface area contributed by atoms with Crippen molar-refractivity contribution in [3.8, 4) is 11.5 Å². The summed E-state index contributed by atoms with van der Waals surface area (Å²) in [4.78, 5) is 30.8. The SMILES string of the molecule is COc1ccc(OC)c(C2(N3CCCCC3C(=O)N(C)C)C(=O)Nc3ccc(Cl)cc32)c1. The molecule has 0 aromatic heterocycles. The molecular formula is C24H28ClN3O4. The molecule has 2 aromatic rings. The van der Waals surface area contributed by atoms with E-state index in [-0.39, 0.29) is 11.8 Å². The standard InChI is InChI=1S/C24H28ClN3O4/c1-27(2)22(29)20-7-5-6-12-28(20)24(18-14-16(31-3)9-11-21(18)32-4)17-13-15(25)8-10-19(17)26-23(24)30/h8-11,13-14,20H,5-7,12H2,1-4H3,(H,26,30). The van der Waals surface area contributed by atoms with E-state index in [0.717, 1.165) is 12.8 Å². The van der Waals surface area contributed by atoms with Crippen LogP contribution >= 0.6 is 11.6 Å². The van der Waals surface area contributed by atoms with Crippen LogP contribution in [0.15, 0.2) is 36.4 Å². The molecule has 7 nitrogen and oxygen atoms in total. The van der Waals surface area contributed by atoms with E-state index in [1.165, 1.54) is 0 Å². The van der Waals surface area contributed by atoms with E-state index in [4.69, 9.17) is 21.1 Å². The van der Waals surface area contributed by atoms with E-state index in [1.54, 1.807) is 63.5 Å². The Labute approximate surface area is 193 Å². The number of hydrogen-bond donors (Lipinski definition) is 1. The van der Waals surface area contributed by atoms with Crippen molar-refractivity contribution in [2.24, 2.45) is 0 Å². The maximum atomic E-state index is 14.0. The predicted molar refractivity (Wildman–Crippen MR) is 123 cm³/mol. The van der Waals surface area contributed by atoms with Gasteiger partial charge in [-0.2, -0.15) is 0 Å². The van der Waals surface area contributed by atoms with Gasteiger partial charge in [0.2, 0.25) is 5.91 Å². The highest BCUT2D eigenvalue weighted by atomic mass is 35.5. The fourth-order valence-corrected chi connectivity index (χ4v) is 5.12. The Balaban J connectivity index is 2.05. The normalized spacial score (nSPS) is 22.8. The van der Waals surface area contributed by atoms with Crippen LogP contribution in [0.25, 0.3) is 0 Å². The molecule has 0 radical (unpaired) electrons. The number of likely N-dealkylation sites (N-methyl/N-ethyl adjacent to an activating group) is 1. The van der Waals surface area contributed by atoms with Gasteiger partial charge in [-0.25, -0.2) is 0 Å². The van der Waals surface area contributed by atoms with Crippen molar-refractivity contribution in [3.63, 3.8) is 0 Å². The molecule has 2 heterocycles. The lowest BCUT2D eigenvalue weighted by molar-refractivity contribution is -0.142. The molecule has 2 aliphatic heterocycles. The van der Waals surface area contributed by atoms with E-state index >= 15 is 0 Å². The lowest BCUT2D eigenvalue weighted by Crippen LogP contribution is -2.61. The van der Waals surface area contributed by atoms with Gasteiger partial charge in [-0.1, -0.05) is 18.0 Å². The first-order valence-electron chi connectivity index (χ1n) is 10.7. The minimum Gasteiger partial charge on any atom is -0.497 e. The first kappa shape index (κ1) is 22.4. The van der Waals surface area contributed by atoms with Gasteiger partial charge in [0.25, 0.3) is 5.91 Å². The summed E-state index contributed by atoms with van der Waals surface area (Å²) in [6.07, 6.45) is 2.44. The van der Waals surface area contributed by atoms with Gasteiger partial charge in [-0.05, 0) is 49.2 Å². The van der Waals surface area contributed by atoms with Gasteiger partial charge in [0.1, 0.15) is 11.5 Å². The second-order valence-electron chi connectivity index (χ2n) is 8.36. The van der Waals surface area contributed by atoms with Gasteiger partial charge in [0, 0.05) is 42.5 Å². The van der Waals surface area contributed by atoms with Gasteiger partial charge < -0.3 is 19.7 Å². The molecule has 1 saturated heterocycles. The van der Waals surface area contributed by atoms with Crippen molar-refractivity contribution in [3.05, 3.63) is 52.5 Å². The van der Waals surface area contributed by atoms with Gasteiger partial charge in [-0.3, -0.25) is 14.5 Å². The van der Waals surface area contributed by atoms with Crippen LogP contribution in [-0.2, 0) is 15.1 Å². The number of carbonyl (C=O) groups excluding carboxylic acids is 2. The number of nitrogens with one attached hydrogen (secondary N) is 1. The van der Waals surface area contributed by atoms with Crippen molar-refractivity contribution >= 4 is 29.1 Å². The van der Waals surface area contributed by atoms with E-state index in [2.05, 4.69) is 5.32 Å². The molecule has 32 heavy (non-hydrogen) atoms. The average Bonchev–Trinajstić information content (AvgIpc) is 3.09. The van der Waals surface area contributed by atoms with Crippen molar-refractivity contribution in [1.29, 1.82) is 0 Å². The number of amides is 2. The molecule has 170 valence electrons. The third-order valence-corrected chi connectivity index (χ3v) is 6.64. The number of benzene rings is 2. The summed E-state index contributed by atoms with van der Waals surface area (Å²) in [6.45, 7) is 0.573. The highest BCUT2D eigenvalue weighted by Gasteiger charge is 2.57. The van der Waals surface area contributed by atoms with Gasteiger partial charge in [-0.15, -0.1) is 0 Å². The zero-order chi connectivity index (χ0) is 23.0. The molecule has 2 aliphatic rings. The second kappa shape index (κ2) is 8.64. The van der Waals surface area contributed by atoms with Crippen LogP contribution in [0.5, 0.6) is 11.5 Å². The summed E-state index contributed by atoms with van der Waals surface area (Å²) < 4.78 is 11.2. The highest BCUT2D eigenvalue weighted by Crippen LogP contribution is 2.51. The Kier molecular flexibility index (Phi) is 6.05. The maximum Gasteiger partial charge on any atom is 0.254 e. The van der Waals surface area contributed by atoms with Crippen LogP contribution in [0, 0.1) is 0 Å². The molecule has 8 heteroatoms. The molecule has 1 fully saturated rings. The number of rotatable bonds is 5. The van der Waals surface area contributed by atoms with Gasteiger partial charge in [0.05, 0.1) is 20.3 Å². The Morgan fingerprint density at radius 3 is 2.59 bits per heavy atom. The Morgan fingerprint density at radius 2 is 1.91 bits per heavy atom. The fourth-order valence-electron chi connectivity index (χ4n) is 4.95. The van der Waals surface area contributed by atoms with Crippen molar-refractivity contribution < 1.29 is 19.1 Å². The molecule has 2 atom stereocenters. The number of piperidine rings is 1. The number of nitrogens with zero attached hydrogens (tertiary/aromatic N) is 2. The summed E-state index contributed by atoms with van der Waals surface area (Å²) in [7, 11) is 6.64. The lowest BCUT2D eigenvalue weighted by atomic mass is 9.78. The van der Waals surface area contributed by atoms with Crippen LogP contribution < -0.4 is 14.8 Å². The van der Waals surface area contributed by atoms with E-state index < -0.39 is 11.6 Å². The average molecular weight is 458 g/mol. The molecular weight excluding hydrogens is 430 g/mol. The zero-order valence-electron chi connectivity index (χ0n) is 18.8. The number of ether oxygens (including phenoxy) is 2. The van der Waals surface area contributed by atoms with Gasteiger partial charge in [0.15, 0.2) is 5.54 Å². The maximum absolute atomic E-state index is 14.0. The number of methoxy groups -OCH3 is 2.